The third-order valence-corrected chi connectivity index (χ3v) is 6.10. The van der Waals surface area contributed by atoms with E-state index in [0.717, 1.165) is 58.4 Å². The minimum absolute atomic E-state index is 0.0264. The van der Waals surface area contributed by atoms with Gasteiger partial charge in [-0.25, -0.2) is 4.39 Å². The summed E-state index contributed by atoms with van der Waals surface area (Å²) in [5.41, 5.74) is 2.10. The monoisotopic (exact) mass is 380 g/mol. The van der Waals surface area contributed by atoms with Gasteiger partial charge < -0.3 is 9.80 Å². The molecule has 3 nitrogen and oxygen atoms in total. The molecule has 0 N–H and O–H groups in total. The predicted molar refractivity (Wildman–Crippen MR) is 110 cm³/mol. The lowest BCUT2D eigenvalue weighted by Crippen LogP contribution is -2.36. The number of halogens is 1. The minimum Gasteiger partial charge on any atom is -0.341 e. The number of hydrogen-bond donors (Lipinski definition) is 0. The largest absolute Gasteiger partial charge is 0.341 e. The Morgan fingerprint density at radius 1 is 0.964 bits per heavy atom. The van der Waals surface area contributed by atoms with Crippen LogP contribution >= 0.6 is 0 Å². The molecular formula is C24H29FN2O. The lowest BCUT2D eigenvalue weighted by Gasteiger charge is -2.22. The second-order valence-electron chi connectivity index (χ2n) is 8.08. The highest BCUT2D eigenvalue weighted by Crippen LogP contribution is 2.49. The number of hydrogen-bond acceptors (Lipinski definition) is 2. The summed E-state index contributed by atoms with van der Waals surface area (Å²) in [6.45, 7) is 4.70. The Balaban J connectivity index is 1.24. The Kier molecular flexibility index (Phi) is 6.06. The Morgan fingerprint density at radius 2 is 1.75 bits per heavy atom. The highest BCUT2D eigenvalue weighted by atomic mass is 19.1. The zero-order chi connectivity index (χ0) is 19.3. The topological polar surface area (TPSA) is 23.6 Å². The summed E-state index contributed by atoms with van der Waals surface area (Å²) in [4.78, 5) is 17.4. The first-order valence-corrected chi connectivity index (χ1v) is 10.5. The number of carbonyl (C=O) groups is 1. The predicted octanol–water partition coefficient (Wildman–Crippen LogP) is 4.10. The average Bonchev–Trinajstić information content (AvgIpc) is 3.53. The van der Waals surface area contributed by atoms with Crippen LogP contribution in [-0.4, -0.2) is 48.4 Å². The van der Waals surface area contributed by atoms with Gasteiger partial charge in [-0.15, -0.1) is 0 Å². The van der Waals surface area contributed by atoms with E-state index in [1.54, 1.807) is 6.07 Å². The van der Waals surface area contributed by atoms with Crippen LogP contribution in [0, 0.1) is 11.7 Å². The number of nitrogens with zero attached hydrogens (tertiary/aromatic N) is 2. The Morgan fingerprint density at radius 3 is 2.57 bits per heavy atom. The van der Waals surface area contributed by atoms with Gasteiger partial charge in [0.2, 0.25) is 5.91 Å². The Bertz CT molecular complexity index is 794. The van der Waals surface area contributed by atoms with E-state index in [1.807, 2.05) is 17.0 Å². The van der Waals surface area contributed by atoms with E-state index in [4.69, 9.17) is 0 Å². The molecule has 0 aromatic heterocycles. The number of carbonyl (C=O) groups excluding carboxylic acids is 1. The van der Waals surface area contributed by atoms with Gasteiger partial charge in [0.15, 0.2) is 0 Å². The summed E-state index contributed by atoms with van der Waals surface area (Å²) >= 11 is 0. The minimum atomic E-state index is -0.178. The first-order valence-electron chi connectivity index (χ1n) is 10.5. The average molecular weight is 381 g/mol. The molecule has 0 radical (unpaired) electrons. The molecule has 4 rings (SSSR count). The van der Waals surface area contributed by atoms with E-state index < -0.39 is 0 Å². The van der Waals surface area contributed by atoms with Gasteiger partial charge in [-0.3, -0.25) is 4.79 Å². The van der Waals surface area contributed by atoms with Crippen molar-refractivity contribution >= 4 is 5.91 Å². The summed E-state index contributed by atoms with van der Waals surface area (Å²) in [6.07, 6.45) is 4.06. The van der Waals surface area contributed by atoms with Gasteiger partial charge in [0, 0.05) is 25.6 Å². The van der Waals surface area contributed by atoms with E-state index in [9.17, 15) is 9.18 Å². The van der Waals surface area contributed by atoms with Gasteiger partial charge in [0.25, 0.3) is 0 Å². The summed E-state index contributed by atoms with van der Waals surface area (Å²) in [5.74, 6) is 0.0862. The van der Waals surface area contributed by atoms with Crippen molar-refractivity contribution in [2.24, 2.45) is 5.92 Å². The van der Waals surface area contributed by atoms with Crippen molar-refractivity contribution in [1.82, 2.24) is 9.80 Å². The molecular weight excluding hydrogens is 351 g/mol. The van der Waals surface area contributed by atoms with Crippen LogP contribution < -0.4 is 0 Å². The molecule has 2 aromatic rings. The van der Waals surface area contributed by atoms with Gasteiger partial charge in [-0.05, 0) is 61.9 Å². The molecule has 1 amide bonds. The third kappa shape index (κ3) is 4.61. The number of aryl methyl sites for hydroxylation is 1. The zero-order valence-electron chi connectivity index (χ0n) is 16.4. The van der Waals surface area contributed by atoms with Crippen LogP contribution in [0.4, 0.5) is 4.39 Å². The maximum Gasteiger partial charge on any atom is 0.226 e. The van der Waals surface area contributed by atoms with Crippen molar-refractivity contribution in [1.29, 1.82) is 0 Å². The fourth-order valence-electron chi connectivity index (χ4n) is 4.39. The van der Waals surface area contributed by atoms with Crippen LogP contribution in [-0.2, 0) is 11.2 Å². The van der Waals surface area contributed by atoms with E-state index in [0.29, 0.717) is 5.56 Å². The lowest BCUT2D eigenvalue weighted by molar-refractivity contribution is -0.132. The van der Waals surface area contributed by atoms with E-state index in [1.165, 1.54) is 11.6 Å². The normalized spacial score (nSPS) is 22.7. The molecule has 1 saturated heterocycles. The molecule has 2 aliphatic rings. The van der Waals surface area contributed by atoms with E-state index in [2.05, 4.69) is 35.2 Å². The molecule has 2 unspecified atom stereocenters. The van der Waals surface area contributed by atoms with Crippen molar-refractivity contribution in [3.8, 4) is 0 Å². The van der Waals surface area contributed by atoms with Crippen LogP contribution in [0.1, 0.15) is 36.3 Å². The van der Waals surface area contributed by atoms with Gasteiger partial charge >= 0.3 is 0 Å². The number of benzene rings is 2. The van der Waals surface area contributed by atoms with Crippen LogP contribution in [0.3, 0.4) is 0 Å². The summed E-state index contributed by atoms with van der Waals surface area (Å²) in [6, 6.07) is 17.5. The molecule has 148 valence electrons. The molecule has 1 saturated carbocycles. The molecule has 1 aliphatic carbocycles. The number of rotatable bonds is 6. The maximum absolute atomic E-state index is 14.0. The van der Waals surface area contributed by atoms with Crippen LogP contribution in [0.5, 0.6) is 0 Å². The van der Waals surface area contributed by atoms with Crippen molar-refractivity contribution < 1.29 is 9.18 Å². The summed E-state index contributed by atoms with van der Waals surface area (Å²) in [7, 11) is 0. The second kappa shape index (κ2) is 8.87. The fourth-order valence-corrected chi connectivity index (χ4v) is 4.39. The molecule has 1 heterocycles. The van der Waals surface area contributed by atoms with Gasteiger partial charge in [-0.1, -0.05) is 48.5 Å². The van der Waals surface area contributed by atoms with E-state index in [-0.39, 0.29) is 23.6 Å². The zero-order valence-corrected chi connectivity index (χ0v) is 16.4. The molecule has 4 heteroatoms. The summed E-state index contributed by atoms with van der Waals surface area (Å²) in [5, 5.41) is 0. The summed E-state index contributed by atoms with van der Waals surface area (Å²) < 4.78 is 14.0. The molecule has 1 aliphatic heterocycles. The van der Waals surface area contributed by atoms with Crippen LogP contribution in [0.2, 0.25) is 0 Å². The van der Waals surface area contributed by atoms with Gasteiger partial charge in [0.1, 0.15) is 5.82 Å². The Labute approximate surface area is 167 Å². The highest BCUT2D eigenvalue weighted by molar-refractivity contribution is 5.83. The first-order chi connectivity index (χ1) is 13.7. The quantitative estimate of drug-likeness (QED) is 0.753. The standard InChI is InChI=1S/C24H29FN2O/c25-23-12-5-4-11-20(23)21-18-22(21)24(28)27-15-7-14-26(16-17-27)13-6-10-19-8-2-1-3-9-19/h1-5,8-9,11-12,21-22H,6-7,10,13-18H2. The van der Waals surface area contributed by atoms with Crippen molar-refractivity contribution in [3.63, 3.8) is 0 Å². The molecule has 2 aromatic carbocycles. The van der Waals surface area contributed by atoms with E-state index >= 15 is 0 Å². The van der Waals surface area contributed by atoms with Gasteiger partial charge in [0.05, 0.1) is 0 Å². The molecule has 0 spiro atoms. The third-order valence-electron chi connectivity index (χ3n) is 6.10. The number of amides is 1. The smallest absolute Gasteiger partial charge is 0.226 e. The fraction of sp³-hybridized carbons (Fsp3) is 0.458. The van der Waals surface area contributed by atoms with Crippen LogP contribution in [0.25, 0.3) is 0 Å². The molecule has 28 heavy (non-hydrogen) atoms. The molecule has 2 fully saturated rings. The molecule has 0 bridgehead atoms. The Hall–Kier alpha value is -2.20. The van der Waals surface area contributed by atoms with Crippen LogP contribution in [0.15, 0.2) is 54.6 Å². The van der Waals surface area contributed by atoms with Gasteiger partial charge in [-0.2, -0.15) is 0 Å². The first kappa shape index (κ1) is 19.1. The molecule has 2 atom stereocenters. The highest BCUT2D eigenvalue weighted by Gasteiger charge is 2.46. The maximum atomic E-state index is 14.0. The second-order valence-corrected chi connectivity index (χ2v) is 8.08. The lowest BCUT2D eigenvalue weighted by atomic mass is 10.1. The van der Waals surface area contributed by atoms with Crippen molar-refractivity contribution in [2.75, 3.05) is 32.7 Å². The van der Waals surface area contributed by atoms with Crippen molar-refractivity contribution in [2.45, 2.75) is 31.6 Å². The SMILES string of the molecule is O=C(C1CC1c1ccccc1F)N1CCCN(CCCc2ccccc2)CC1. The van der Waals surface area contributed by atoms with Crippen molar-refractivity contribution in [3.05, 3.63) is 71.5 Å².